The normalized spacial score (nSPS) is 22.5. The first kappa shape index (κ1) is 27.2. The van der Waals surface area contributed by atoms with Crippen LogP contribution < -0.4 is 10.2 Å². The molecule has 198 valence electrons. The van der Waals surface area contributed by atoms with Crippen molar-refractivity contribution in [3.63, 3.8) is 0 Å². The number of hydrogen-bond donors (Lipinski definition) is 1. The topological polar surface area (TPSA) is 105 Å². The second-order valence-electron chi connectivity index (χ2n) is 10.6. The number of benzene rings is 2. The van der Waals surface area contributed by atoms with Crippen LogP contribution in [0.3, 0.4) is 0 Å². The molecule has 0 radical (unpaired) electrons. The minimum atomic E-state index is -3.18. The van der Waals surface area contributed by atoms with Crippen molar-refractivity contribution in [1.29, 1.82) is 0 Å². The molecule has 8 nitrogen and oxygen atoms in total. The highest BCUT2D eigenvalue weighted by atomic mass is 32.2. The van der Waals surface area contributed by atoms with Crippen LogP contribution in [0.1, 0.15) is 37.5 Å². The summed E-state index contributed by atoms with van der Waals surface area (Å²) in [5.41, 5.74) is 3.12. The van der Waals surface area contributed by atoms with E-state index in [1.54, 1.807) is 20.8 Å². The zero-order valence-corrected chi connectivity index (χ0v) is 23.4. The van der Waals surface area contributed by atoms with Gasteiger partial charge in [0.1, 0.15) is 11.6 Å². The van der Waals surface area contributed by atoms with Crippen LogP contribution in [0.25, 0.3) is 0 Å². The largest absolute Gasteiger partial charge is 0.444 e. The second-order valence-corrected chi connectivity index (χ2v) is 13.9. The van der Waals surface area contributed by atoms with Crippen LogP contribution in [0, 0.1) is 13.8 Å². The summed E-state index contributed by atoms with van der Waals surface area (Å²) in [5.74, 6) is -0.469. The fourth-order valence-corrected chi connectivity index (χ4v) is 8.33. The fraction of sp³-hybridized carbons (Fsp3) is 0.444. The van der Waals surface area contributed by atoms with Crippen molar-refractivity contribution >= 4 is 44.5 Å². The van der Waals surface area contributed by atoms with Crippen molar-refractivity contribution in [1.82, 2.24) is 5.32 Å². The Morgan fingerprint density at radius 1 is 1.11 bits per heavy atom. The lowest BCUT2D eigenvalue weighted by atomic mass is 10.1. The van der Waals surface area contributed by atoms with Gasteiger partial charge in [0.05, 0.1) is 17.5 Å². The Hall–Kier alpha value is -2.85. The number of aryl methyl sites for hydroxylation is 2. The van der Waals surface area contributed by atoms with Gasteiger partial charge in [0.25, 0.3) is 5.91 Å². The number of nitrogens with zero attached hydrogens (tertiary/aromatic N) is 2. The van der Waals surface area contributed by atoms with Gasteiger partial charge in [0.15, 0.2) is 15.0 Å². The van der Waals surface area contributed by atoms with Crippen LogP contribution in [0.15, 0.2) is 53.5 Å². The zero-order valence-electron chi connectivity index (χ0n) is 21.7. The van der Waals surface area contributed by atoms with Gasteiger partial charge in [-0.1, -0.05) is 48.2 Å². The summed E-state index contributed by atoms with van der Waals surface area (Å²) >= 11 is 1.31. The molecule has 1 N–H and O–H groups in total. The molecule has 0 aliphatic carbocycles. The number of rotatable bonds is 5. The number of sulfone groups is 1. The first-order chi connectivity index (χ1) is 17.3. The molecule has 2 aromatic carbocycles. The molecule has 4 rings (SSSR count). The van der Waals surface area contributed by atoms with Crippen molar-refractivity contribution in [2.45, 2.75) is 64.0 Å². The van der Waals surface area contributed by atoms with Gasteiger partial charge < -0.3 is 15.0 Å². The maximum atomic E-state index is 13.5. The predicted octanol–water partition coefficient (Wildman–Crippen LogP) is 4.04. The molecule has 2 amide bonds. The van der Waals surface area contributed by atoms with Gasteiger partial charge in [0, 0.05) is 17.4 Å². The Balaban J connectivity index is 1.66. The van der Waals surface area contributed by atoms with Crippen LogP contribution in [0.4, 0.5) is 10.5 Å². The van der Waals surface area contributed by atoms with Gasteiger partial charge >= 0.3 is 6.09 Å². The number of amides is 2. The van der Waals surface area contributed by atoms with Gasteiger partial charge in [-0.25, -0.2) is 13.2 Å². The number of nitrogens with one attached hydrogen (secondary N) is 1. The van der Waals surface area contributed by atoms with Crippen LogP contribution in [-0.2, 0) is 25.8 Å². The van der Waals surface area contributed by atoms with Crippen LogP contribution in [0.2, 0.25) is 0 Å². The molecule has 2 aromatic rings. The third-order valence-corrected chi connectivity index (χ3v) is 9.52. The van der Waals surface area contributed by atoms with Crippen LogP contribution in [-0.4, -0.2) is 60.0 Å². The van der Waals surface area contributed by atoms with E-state index in [9.17, 15) is 18.0 Å². The number of aliphatic imine (C=N–C) groups is 1. The molecule has 37 heavy (non-hydrogen) atoms. The van der Waals surface area contributed by atoms with Gasteiger partial charge in [-0.15, -0.1) is 0 Å². The molecule has 0 bridgehead atoms. The molecule has 2 aliphatic rings. The SMILES string of the molecule is Cc1ccc(N2C(=NC(=O)[C@H](Cc3ccccc3)NC(=O)OC(C)(C)C)S[C@H]3CS(=O)(=O)C[C@@H]32)cc1C. The predicted molar refractivity (Wildman–Crippen MR) is 148 cm³/mol. The zero-order chi connectivity index (χ0) is 27.0. The third-order valence-electron chi connectivity index (χ3n) is 6.31. The summed E-state index contributed by atoms with van der Waals surface area (Å²) in [6.07, 6.45) is -0.458. The standard InChI is InChI=1S/C27H33N3O5S2/c1-17-11-12-20(13-18(17)2)30-22-15-37(33,34)16-23(22)36-25(30)29-24(31)21(14-19-9-7-6-8-10-19)28-26(32)35-27(3,4)5/h6-13,21-23H,14-16H2,1-5H3,(H,28,32)/t21-,22-,23-/m0/s1. The lowest BCUT2D eigenvalue weighted by Gasteiger charge is -2.26. The van der Waals surface area contributed by atoms with Gasteiger partial charge in [-0.3, -0.25) is 4.79 Å². The quantitative estimate of drug-likeness (QED) is 0.607. The monoisotopic (exact) mass is 543 g/mol. The minimum Gasteiger partial charge on any atom is -0.444 e. The molecule has 2 fully saturated rings. The van der Waals surface area contributed by atoms with E-state index in [0.29, 0.717) is 5.17 Å². The summed E-state index contributed by atoms with van der Waals surface area (Å²) in [4.78, 5) is 32.4. The number of alkyl carbamates (subject to hydrolysis) is 1. The molecule has 2 aliphatic heterocycles. The number of carbonyl (C=O) groups excluding carboxylic acids is 2. The number of ether oxygens (including phenoxy) is 1. The third kappa shape index (κ3) is 6.73. The van der Waals surface area contributed by atoms with Gasteiger partial charge in [-0.05, 0) is 63.4 Å². The van der Waals surface area contributed by atoms with Crippen molar-refractivity contribution in [3.8, 4) is 0 Å². The highest BCUT2D eigenvalue weighted by molar-refractivity contribution is 8.16. The van der Waals surface area contributed by atoms with Crippen LogP contribution in [0.5, 0.6) is 0 Å². The Morgan fingerprint density at radius 2 is 1.81 bits per heavy atom. The van der Waals surface area contributed by atoms with Crippen LogP contribution >= 0.6 is 11.8 Å². The molecule has 0 unspecified atom stereocenters. The molecule has 0 spiro atoms. The molecule has 2 heterocycles. The number of fused-ring (bicyclic) bond motifs is 1. The number of anilines is 1. The Kier molecular flexibility index (Phi) is 7.71. The number of hydrogen-bond acceptors (Lipinski definition) is 6. The van der Waals surface area contributed by atoms with Crippen molar-refractivity contribution in [3.05, 3.63) is 65.2 Å². The summed E-state index contributed by atoms with van der Waals surface area (Å²) in [7, 11) is -3.18. The van der Waals surface area contributed by atoms with E-state index >= 15 is 0 Å². The van der Waals surface area contributed by atoms with E-state index in [-0.39, 0.29) is 29.2 Å². The summed E-state index contributed by atoms with van der Waals surface area (Å²) in [5, 5.41) is 2.92. The molecule has 0 aromatic heterocycles. The van der Waals surface area contributed by atoms with E-state index in [1.807, 2.05) is 67.3 Å². The number of carbonyl (C=O) groups is 2. The van der Waals surface area contributed by atoms with E-state index in [4.69, 9.17) is 4.74 Å². The molecule has 0 saturated carbocycles. The molecule has 10 heteroatoms. The Morgan fingerprint density at radius 3 is 2.46 bits per heavy atom. The molecule has 3 atom stereocenters. The van der Waals surface area contributed by atoms with Crippen molar-refractivity contribution in [2.75, 3.05) is 16.4 Å². The average Bonchev–Trinajstić information content (AvgIpc) is 3.25. The lowest BCUT2D eigenvalue weighted by molar-refractivity contribution is -0.119. The van der Waals surface area contributed by atoms with E-state index in [2.05, 4.69) is 10.3 Å². The Bertz CT molecular complexity index is 1320. The first-order valence-electron chi connectivity index (χ1n) is 12.2. The summed E-state index contributed by atoms with van der Waals surface area (Å²) < 4.78 is 30.2. The average molecular weight is 544 g/mol. The lowest BCUT2D eigenvalue weighted by Crippen LogP contribution is -2.45. The Labute approximate surface area is 222 Å². The molecular weight excluding hydrogens is 510 g/mol. The second kappa shape index (κ2) is 10.5. The summed E-state index contributed by atoms with van der Waals surface area (Å²) in [6, 6.07) is 14.0. The summed E-state index contributed by atoms with van der Waals surface area (Å²) in [6.45, 7) is 9.27. The van der Waals surface area contributed by atoms with Gasteiger partial charge in [0.2, 0.25) is 0 Å². The molecule has 2 saturated heterocycles. The fourth-order valence-electron chi connectivity index (χ4n) is 4.41. The number of amidine groups is 1. The smallest absolute Gasteiger partial charge is 0.408 e. The maximum absolute atomic E-state index is 13.5. The van der Waals surface area contributed by atoms with E-state index in [0.717, 1.165) is 22.4 Å². The highest BCUT2D eigenvalue weighted by Crippen LogP contribution is 2.41. The molecular formula is C27H33N3O5S2. The maximum Gasteiger partial charge on any atom is 0.408 e. The number of thioether (sulfide) groups is 1. The van der Waals surface area contributed by atoms with Crippen molar-refractivity contribution in [2.24, 2.45) is 4.99 Å². The van der Waals surface area contributed by atoms with Crippen molar-refractivity contribution < 1.29 is 22.7 Å². The van der Waals surface area contributed by atoms with Gasteiger partial charge in [-0.2, -0.15) is 4.99 Å². The van der Waals surface area contributed by atoms with E-state index in [1.165, 1.54) is 11.8 Å². The first-order valence-corrected chi connectivity index (χ1v) is 14.9. The van der Waals surface area contributed by atoms with E-state index < -0.39 is 33.5 Å². The highest BCUT2D eigenvalue weighted by Gasteiger charge is 2.49. The minimum absolute atomic E-state index is 0.00834.